The summed E-state index contributed by atoms with van der Waals surface area (Å²) in [4.78, 5) is 0. The molecule has 3 heteroatoms. The second-order valence-electron chi connectivity index (χ2n) is 7.79. The number of rotatable bonds is 0. The Kier molecular flexibility index (Phi) is 9.83. The monoisotopic (exact) mass is 622 g/mol. The number of hydrogen-bond acceptors (Lipinski definition) is 0. The molecule has 0 nitrogen and oxygen atoms in total. The molecule has 0 radical (unpaired) electrons. The average molecular weight is 622 g/mol. The van der Waals surface area contributed by atoms with Crippen molar-refractivity contribution in [2.75, 3.05) is 0 Å². The molecule has 0 saturated carbocycles. The first-order chi connectivity index (χ1) is 14.7. The van der Waals surface area contributed by atoms with Crippen LogP contribution in [-0.2, 0) is 23.9 Å². The van der Waals surface area contributed by atoms with Crippen molar-refractivity contribution >= 4 is 4.26 Å². The van der Waals surface area contributed by atoms with E-state index in [4.69, 9.17) is 0 Å². The Balaban J connectivity index is 0.000000199. The van der Waals surface area contributed by atoms with Crippen LogP contribution in [-0.4, -0.2) is 4.26 Å². The molecule has 4 aliphatic rings. The Morgan fingerprint density at radius 2 is 1.06 bits per heavy atom. The predicted molar refractivity (Wildman–Crippen MR) is 123 cm³/mol. The van der Waals surface area contributed by atoms with Crippen LogP contribution >= 0.6 is 0 Å². The van der Waals surface area contributed by atoms with Gasteiger partial charge in [0.15, 0.2) is 0 Å². The molecule has 2 unspecified atom stereocenters. The van der Waals surface area contributed by atoms with Gasteiger partial charge in [0.25, 0.3) is 0 Å². The minimum absolute atomic E-state index is 0. The van der Waals surface area contributed by atoms with Gasteiger partial charge in [0.2, 0.25) is 0 Å². The second-order valence-corrected chi connectivity index (χ2v) is 7.79. The van der Waals surface area contributed by atoms with Crippen molar-refractivity contribution < 1.29 is 48.7 Å². The quantitative estimate of drug-likeness (QED) is 0.298. The zero-order valence-electron chi connectivity index (χ0n) is 18.2. The van der Waals surface area contributed by atoms with E-state index in [-0.39, 0.29) is 24.8 Å². The normalized spacial score (nSPS) is 19.2. The van der Waals surface area contributed by atoms with Crippen molar-refractivity contribution in [2.45, 2.75) is 25.7 Å². The molecule has 0 heterocycles. The average Bonchev–Trinajstić information content (AvgIpc) is 3.32. The van der Waals surface area contributed by atoms with E-state index < -0.39 is 0 Å². The molecule has 2 atom stereocenters. The van der Waals surface area contributed by atoms with Gasteiger partial charge in [0.1, 0.15) is 0 Å². The summed E-state index contributed by atoms with van der Waals surface area (Å²) >= 11 is 1.06. The maximum Gasteiger partial charge on any atom is -1.00 e. The number of fused-ring (bicyclic) bond motifs is 6. The Hall–Kier alpha value is -1.80. The number of aryl methyl sites for hydroxylation is 2. The number of benzene rings is 2. The van der Waals surface area contributed by atoms with Gasteiger partial charge in [-0.05, 0) is 25.7 Å². The van der Waals surface area contributed by atoms with Crippen molar-refractivity contribution in [1.29, 1.82) is 0 Å². The fraction of sp³-hybridized carbons (Fsp3) is 0.138. The van der Waals surface area contributed by atoms with E-state index in [1.807, 2.05) is 0 Å². The minimum Gasteiger partial charge on any atom is -1.00 e. The maximum absolute atomic E-state index is 3.46. The Bertz CT molecular complexity index is 1070. The van der Waals surface area contributed by atoms with Gasteiger partial charge in [0.05, 0.1) is 0 Å². The van der Waals surface area contributed by atoms with E-state index in [1.54, 1.807) is 0 Å². The molecule has 0 N–H and O–H groups in total. The molecule has 32 heavy (non-hydrogen) atoms. The van der Waals surface area contributed by atoms with Crippen LogP contribution in [0.4, 0.5) is 0 Å². The van der Waals surface area contributed by atoms with Gasteiger partial charge < -0.3 is 24.8 Å². The number of allylic oxidation sites excluding steroid dienone is 10. The van der Waals surface area contributed by atoms with Crippen LogP contribution in [0, 0.1) is 26.0 Å². The summed E-state index contributed by atoms with van der Waals surface area (Å²) in [7, 11) is 0. The molecule has 0 saturated heterocycles. The van der Waals surface area contributed by atoms with E-state index >= 15 is 0 Å². The third-order valence-electron chi connectivity index (χ3n) is 5.70. The topological polar surface area (TPSA) is 0 Å². The molecule has 0 spiro atoms. The third-order valence-corrected chi connectivity index (χ3v) is 5.70. The molecule has 2 aromatic rings. The van der Waals surface area contributed by atoms with Gasteiger partial charge in [-0.15, -0.1) is 94.1 Å². The first kappa shape index (κ1) is 26.5. The van der Waals surface area contributed by atoms with Crippen molar-refractivity contribution in [3.8, 4) is 0 Å². The second kappa shape index (κ2) is 11.9. The Morgan fingerprint density at radius 1 is 0.656 bits per heavy atom. The van der Waals surface area contributed by atoms with Gasteiger partial charge in [-0.1, -0.05) is 47.6 Å². The molecular formula is C29H24Cl2Hf-2. The minimum atomic E-state index is 0. The maximum atomic E-state index is 3.46. The van der Waals surface area contributed by atoms with Gasteiger partial charge >= 0.3 is 28.2 Å². The van der Waals surface area contributed by atoms with Gasteiger partial charge in [0, 0.05) is 0 Å². The predicted octanol–water partition coefficient (Wildman–Crippen LogP) is 0.565. The van der Waals surface area contributed by atoms with Gasteiger partial charge in [-0.25, -0.2) is 0 Å². The van der Waals surface area contributed by atoms with Crippen LogP contribution in [0.25, 0.3) is 0 Å². The molecule has 160 valence electrons. The molecular weight excluding hydrogens is 598 g/mol. The van der Waals surface area contributed by atoms with Crippen LogP contribution in [0.3, 0.4) is 0 Å². The number of hydrogen-bond donors (Lipinski definition) is 0. The molecule has 6 rings (SSSR count). The molecule has 4 aliphatic carbocycles. The summed E-state index contributed by atoms with van der Waals surface area (Å²) in [5, 5.41) is 0. The van der Waals surface area contributed by atoms with E-state index in [2.05, 4.69) is 115 Å². The first-order valence-electron chi connectivity index (χ1n) is 10.2. The standard InChI is InChI=1S/2C14H11.CH2.2ClH.Hf/c2*1-10-6-7-14-12(8-10)9-11-4-2-3-5-13(11)14;;;;/h2*2-8,13H,1H3;1H2;2*1H;/q2*-1;;;;+2/p-2. The Labute approximate surface area is 219 Å². The van der Waals surface area contributed by atoms with E-state index in [0.717, 1.165) is 23.9 Å². The largest absolute Gasteiger partial charge is 1.00 e. The van der Waals surface area contributed by atoms with Crippen molar-refractivity contribution in [3.05, 3.63) is 142 Å². The third kappa shape index (κ3) is 5.39. The van der Waals surface area contributed by atoms with Crippen molar-refractivity contribution in [2.24, 2.45) is 0 Å². The zero-order valence-corrected chi connectivity index (χ0v) is 23.3. The fourth-order valence-corrected chi connectivity index (χ4v) is 4.28. The van der Waals surface area contributed by atoms with Crippen LogP contribution in [0.15, 0.2) is 96.2 Å². The molecule has 0 aliphatic heterocycles. The SMILES string of the molecule is Cc1ccc2c(c1)[C-]=C1C=CC=CC12.Cc1ccc2c(c1)[C-]=C1C=CC=CC12.[CH2]=[Hf+2].[Cl-].[Cl-]. The summed E-state index contributed by atoms with van der Waals surface area (Å²) in [5.41, 5.74) is 10.5. The molecule has 0 aromatic heterocycles. The molecule has 0 bridgehead atoms. The summed E-state index contributed by atoms with van der Waals surface area (Å²) in [6.45, 7) is 4.25. The summed E-state index contributed by atoms with van der Waals surface area (Å²) in [5.74, 6) is 0.909. The zero-order chi connectivity index (χ0) is 21.1. The summed E-state index contributed by atoms with van der Waals surface area (Å²) in [6, 6.07) is 13.2. The van der Waals surface area contributed by atoms with Crippen LogP contribution < -0.4 is 24.8 Å². The van der Waals surface area contributed by atoms with Crippen LogP contribution in [0.5, 0.6) is 0 Å². The van der Waals surface area contributed by atoms with Gasteiger partial charge in [-0.2, -0.15) is 0 Å². The van der Waals surface area contributed by atoms with Crippen molar-refractivity contribution in [3.63, 3.8) is 0 Å². The van der Waals surface area contributed by atoms with E-state index in [0.29, 0.717) is 11.8 Å². The molecule has 0 fully saturated rings. The number of halogens is 2. The van der Waals surface area contributed by atoms with Crippen LogP contribution in [0.1, 0.15) is 45.2 Å². The smallest absolute Gasteiger partial charge is 1.00 e. The van der Waals surface area contributed by atoms with Crippen LogP contribution in [0.2, 0.25) is 0 Å². The first-order valence-corrected chi connectivity index (χ1v) is 12.8. The van der Waals surface area contributed by atoms with E-state index in [1.165, 1.54) is 44.5 Å². The molecule has 2 aromatic carbocycles. The molecule has 0 amide bonds. The summed E-state index contributed by atoms with van der Waals surface area (Å²) in [6.07, 6.45) is 24.1. The van der Waals surface area contributed by atoms with E-state index in [9.17, 15) is 0 Å². The van der Waals surface area contributed by atoms with Crippen molar-refractivity contribution in [1.82, 2.24) is 0 Å². The Morgan fingerprint density at radius 3 is 1.47 bits per heavy atom. The van der Waals surface area contributed by atoms with Gasteiger partial charge in [-0.3, -0.25) is 0 Å². The fourth-order valence-electron chi connectivity index (χ4n) is 4.28. The summed E-state index contributed by atoms with van der Waals surface area (Å²) < 4.78 is 3.39.